The number of nitrogens with one attached hydrogen (secondary N) is 1. The summed E-state index contributed by atoms with van der Waals surface area (Å²) in [6.07, 6.45) is 4.06. The number of anilines is 2. The van der Waals surface area contributed by atoms with Crippen molar-refractivity contribution in [3.63, 3.8) is 0 Å². The highest BCUT2D eigenvalue weighted by Gasteiger charge is 2.21. The summed E-state index contributed by atoms with van der Waals surface area (Å²) in [5, 5.41) is 4.44. The van der Waals surface area contributed by atoms with Crippen molar-refractivity contribution < 1.29 is 4.79 Å². The molecule has 1 aliphatic heterocycles. The summed E-state index contributed by atoms with van der Waals surface area (Å²) in [6, 6.07) is 13.9. The van der Waals surface area contributed by atoms with Crippen LogP contribution in [-0.4, -0.2) is 53.5 Å². The lowest BCUT2D eigenvalue weighted by Gasteiger charge is -2.35. The summed E-state index contributed by atoms with van der Waals surface area (Å²) >= 11 is 3.54. The van der Waals surface area contributed by atoms with Gasteiger partial charge in [-0.05, 0) is 40.2 Å². The zero-order valence-electron chi connectivity index (χ0n) is 15.5. The fourth-order valence-corrected chi connectivity index (χ4v) is 3.95. The normalized spacial score (nSPS) is 14.3. The Labute approximate surface area is 172 Å². The van der Waals surface area contributed by atoms with Gasteiger partial charge >= 0.3 is 0 Å². The SMILES string of the molecule is O=C(CCNc1ccnc2c(Br)cccc12)N1CCN(c2ccccn2)CC1. The number of aromatic nitrogens is 2. The molecule has 0 radical (unpaired) electrons. The Balaban J connectivity index is 1.29. The highest BCUT2D eigenvalue weighted by Crippen LogP contribution is 2.27. The Morgan fingerprint density at radius 2 is 1.86 bits per heavy atom. The molecule has 0 aliphatic carbocycles. The Bertz CT molecular complexity index is 957. The first-order valence-electron chi connectivity index (χ1n) is 9.43. The van der Waals surface area contributed by atoms with E-state index in [0.717, 1.165) is 53.1 Å². The van der Waals surface area contributed by atoms with Gasteiger partial charge in [0, 0.05) is 67.1 Å². The predicted molar refractivity (Wildman–Crippen MR) is 116 cm³/mol. The van der Waals surface area contributed by atoms with Gasteiger partial charge in [0.1, 0.15) is 5.82 Å². The maximum absolute atomic E-state index is 12.6. The number of rotatable bonds is 5. The van der Waals surface area contributed by atoms with Gasteiger partial charge in [0.15, 0.2) is 0 Å². The molecule has 0 spiro atoms. The number of benzene rings is 1. The molecular weight excluding hydrogens is 418 g/mol. The van der Waals surface area contributed by atoms with Crippen molar-refractivity contribution in [1.29, 1.82) is 0 Å². The molecule has 1 aromatic carbocycles. The summed E-state index contributed by atoms with van der Waals surface area (Å²) in [7, 11) is 0. The van der Waals surface area contributed by atoms with Gasteiger partial charge in [-0.15, -0.1) is 0 Å². The minimum Gasteiger partial charge on any atom is -0.384 e. The second kappa shape index (κ2) is 8.56. The van der Waals surface area contributed by atoms with Gasteiger partial charge in [0.2, 0.25) is 5.91 Å². The Morgan fingerprint density at radius 1 is 1.00 bits per heavy atom. The van der Waals surface area contributed by atoms with Gasteiger partial charge in [-0.1, -0.05) is 18.2 Å². The van der Waals surface area contributed by atoms with Crippen LogP contribution in [0.4, 0.5) is 11.5 Å². The van der Waals surface area contributed by atoms with E-state index >= 15 is 0 Å². The summed E-state index contributed by atoms with van der Waals surface area (Å²) in [4.78, 5) is 25.6. The van der Waals surface area contributed by atoms with E-state index in [1.807, 2.05) is 47.4 Å². The first kappa shape index (κ1) is 18.7. The molecule has 2 aromatic heterocycles. The van der Waals surface area contributed by atoms with Crippen LogP contribution in [0, 0.1) is 0 Å². The van der Waals surface area contributed by atoms with E-state index in [0.29, 0.717) is 13.0 Å². The van der Waals surface area contributed by atoms with Gasteiger partial charge in [-0.25, -0.2) is 4.98 Å². The largest absolute Gasteiger partial charge is 0.384 e. The van der Waals surface area contributed by atoms with Crippen LogP contribution in [0.1, 0.15) is 6.42 Å². The van der Waals surface area contributed by atoms with Crippen molar-refractivity contribution in [3.8, 4) is 0 Å². The van der Waals surface area contributed by atoms with Crippen molar-refractivity contribution in [3.05, 3.63) is 59.3 Å². The fraction of sp³-hybridized carbons (Fsp3) is 0.286. The highest BCUT2D eigenvalue weighted by molar-refractivity contribution is 9.10. The van der Waals surface area contributed by atoms with Gasteiger partial charge in [0.05, 0.1) is 5.52 Å². The van der Waals surface area contributed by atoms with Crippen LogP contribution in [0.15, 0.2) is 59.3 Å². The monoisotopic (exact) mass is 439 g/mol. The first-order chi connectivity index (χ1) is 13.7. The van der Waals surface area contributed by atoms with E-state index in [2.05, 4.69) is 36.1 Å². The van der Waals surface area contributed by atoms with Crippen LogP contribution in [0.3, 0.4) is 0 Å². The number of fused-ring (bicyclic) bond motifs is 1. The first-order valence-corrected chi connectivity index (χ1v) is 10.2. The summed E-state index contributed by atoms with van der Waals surface area (Å²) in [5.74, 6) is 1.17. The number of hydrogen-bond donors (Lipinski definition) is 1. The number of carbonyl (C=O) groups excluding carboxylic acids is 1. The minimum absolute atomic E-state index is 0.188. The molecule has 0 saturated carbocycles. The van der Waals surface area contributed by atoms with E-state index in [9.17, 15) is 4.79 Å². The van der Waals surface area contributed by atoms with Gasteiger partial charge < -0.3 is 15.1 Å². The van der Waals surface area contributed by atoms with Crippen molar-refractivity contribution in [2.75, 3.05) is 42.9 Å². The van der Waals surface area contributed by atoms with E-state index in [4.69, 9.17) is 0 Å². The quantitative estimate of drug-likeness (QED) is 0.658. The van der Waals surface area contributed by atoms with E-state index in [1.165, 1.54) is 0 Å². The Kier molecular flexibility index (Phi) is 5.71. The Morgan fingerprint density at radius 3 is 2.64 bits per heavy atom. The average molecular weight is 440 g/mol. The summed E-state index contributed by atoms with van der Waals surface area (Å²) in [5.41, 5.74) is 1.92. The average Bonchev–Trinajstić information content (AvgIpc) is 2.75. The molecule has 1 fully saturated rings. The maximum atomic E-state index is 12.6. The van der Waals surface area contributed by atoms with Crippen LogP contribution >= 0.6 is 15.9 Å². The zero-order chi connectivity index (χ0) is 19.3. The third-order valence-corrected chi connectivity index (χ3v) is 5.62. The number of piperazine rings is 1. The van der Waals surface area contributed by atoms with E-state index in [1.54, 1.807) is 12.4 Å². The molecule has 3 aromatic rings. The maximum Gasteiger partial charge on any atom is 0.224 e. The summed E-state index contributed by atoms with van der Waals surface area (Å²) in [6.45, 7) is 3.71. The van der Waals surface area contributed by atoms with Crippen LogP contribution in [0.2, 0.25) is 0 Å². The number of nitrogens with zero attached hydrogens (tertiary/aromatic N) is 4. The molecule has 4 rings (SSSR count). The number of para-hydroxylation sites is 1. The smallest absolute Gasteiger partial charge is 0.224 e. The lowest BCUT2D eigenvalue weighted by Crippen LogP contribution is -2.49. The van der Waals surface area contributed by atoms with Gasteiger partial charge in [0.25, 0.3) is 0 Å². The molecule has 28 heavy (non-hydrogen) atoms. The summed E-state index contributed by atoms with van der Waals surface area (Å²) < 4.78 is 0.968. The molecule has 1 aliphatic rings. The lowest BCUT2D eigenvalue weighted by molar-refractivity contribution is -0.131. The van der Waals surface area contributed by atoms with Crippen molar-refractivity contribution in [2.45, 2.75) is 6.42 Å². The molecule has 3 heterocycles. The molecule has 1 saturated heterocycles. The van der Waals surface area contributed by atoms with Crippen LogP contribution in [-0.2, 0) is 4.79 Å². The molecule has 1 N–H and O–H groups in total. The highest BCUT2D eigenvalue weighted by atomic mass is 79.9. The minimum atomic E-state index is 0.188. The topological polar surface area (TPSA) is 61.4 Å². The van der Waals surface area contributed by atoms with Crippen LogP contribution in [0.5, 0.6) is 0 Å². The van der Waals surface area contributed by atoms with Crippen LogP contribution in [0.25, 0.3) is 10.9 Å². The van der Waals surface area contributed by atoms with Crippen molar-refractivity contribution in [1.82, 2.24) is 14.9 Å². The molecule has 0 atom stereocenters. The molecule has 144 valence electrons. The molecule has 1 amide bonds. The molecule has 0 bridgehead atoms. The molecule has 6 nitrogen and oxygen atoms in total. The number of pyridine rings is 2. The third kappa shape index (κ3) is 4.09. The standard InChI is InChI=1S/C21H22BrN5O/c22-17-5-3-4-16-18(7-10-25-21(16)17)23-11-8-20(28)27-14-12-26(13-15-27)19-6-1-2-9-24-19/h1-7,9-10H,8,11-15H2,(H,23,25). The van der Waals surface area contributed by atoms with Gasteiger partial charge in [-0.3, -0.25) is 9.78 Å². The van der Waals surface area contributed by atoms with Crippen molar-refractivity contribution >= 4 is 44.2 Å². The van der Waals surface area contributed by atoms with E-state index in [-0.39, 0.29) is 5.91 Å². The molecule has 7 heteroatoms. The third-order valence-electron chi connectivity index (χ3n) is 4.98. The zero-order valence-corrected chi connectivity index (χ0v) is 17.1. The fourth-order valence-electron chi connectivity index (χ4n) is 3.48. The lowest BCUT2D eigenvalue weighted by atomic mass is 10.2. The van der Waals surface area contributed by atoms with E-state index < -0.39 is 0 Å². The van der Waals surface area contributed by atoms with Crippen LogP contribution < -0.4 is 10.2 Å². The number of amides is 1. The second-order valence-corrected chi connectivity index (χ2v) is 7.58. The number of hydrogen-bond acceptors (Lipinski definition) is 5. The number of carbonyl (C=O) groups is 1. The molecule has 0 unspecified atom stereocenters. The van der Waals surface area contributed by atoms with Crippen molar-refractivity contribution in [2.24, 2.45) is 0 Å². The molecular formula is C21H22BrN5O. The Hall–Kier alpha value is -2.67. The van der Waals surface area contributed by atoms with Gasteiger partial charge in [-0.2, -0.15) is 0 Å². The number of halogens is 1. The predicted octanol–water partition coefficient (Wildman–Crippen LogP) is 3.54. The second-order valence-electron chi connectivity index (χ2n) is 6.73.